The summed E-state index contributed by atoms with van der Waals surface area (Å²) < 4.78 is 1.54. The third-order valence-electron chi connectivity index (χ3n) is 2.82. The van der Waals surface area contributed by atoms with Gasteiger partial charge in [0.15, 0.2) is 5.82 Å². The zero-order chi connectivity index (χ0) is 12.3. The van der Waals surface area contributed by atoms with E-state index in [1.54, 1.807) is 11.7 Å². The Kier molecular flexibility index (Phi) is 3.62. The van der Waals surface area contributed by atoms with Crippen LogP contribution in [0, 0.1) is 11.3 Å². The number of nitrogens with one attached hydrogen (secondary N) is 1. The van der Waals surface area contributed by atoms with Crippen LogP contribution < -0.4 is 5.32 Å². The average Bonchev–Trinajstić information content (AvgIpc) is 2.58. The van der Waals surface area contributed by atoms with Crippen molar-refractivity contribution in [3.05, 3.63) is 5.82 Å². The zero-order valence-corrected chi connectivity index (χ0v) is 10.5. The first-order valence-corrected chi connectivity index (χ1v) is 5.31. The maximum Gasteiger partial charge on any atom is 0.223 e. The second kappa shape index (κ2) is 4.59. The van der Waals surface area contributed by atoms with Gasteiger partial charge < -0.3 is 5.32 Å². The summed E-state index contributed by atoms with van der Waals surface area (Å²) in [6.07, 6.45) is 0. The number of hydrogen-bond donors (Lipinski definition) is 1. The minimum absolute atomic E-state index is 0.0236. The fourth-order valence-corrected chi connectivity index (χ4v) is 1.11. The monoisotopic (exact) mass is 225 g/mol. The Hall–Kier alpha value is -1.46. The van der Waals surface area contributed by atoms with Crippen LogP contribution in [0.25, 0.3) is 0 Å². The summed E-state index contributed by atoms with van der Waals surface area (Å²) in [7, 11) is 1.74. The highest BCUT2D eigenvalue weighted by Crippen LogP contribution is 2.25. The first kappa shape index (κ1) is 12.6. The van der Waals surface area contributed by atoms with Crippen molar-refractivity contribution in [3.63, 3.8) is 0 Å². The van der Waals surface area contributed by atoms with Gasteiger partial charge in [-0.3, -0.25) is 4.79 Å². The predicted molar refractivity (Wildman–Crippen MR) is 59.3 cm³/mol. The van der Waals surface area contributed by atoms with E-state index >= 15 is 0 Å². The van der Waals surface area contributed by atoms with Gasteiger partial charge in [0, 0.05) is 13.0 Å². The molecule has 0 aromatic carbocycles. The van der Waals surface area contributed by atoms with Crippen molar-refractivity contribution < 1.29 is 4.79 Å². The van der Waals surface area contributed by atoms with E-state index < -0.39 is 0 Å². The molecule has 1 heterocycles. The Labute approximate surface area is 95.4 Å². The quantitative estimate of drug-likeness (QED) is 0.813. The van der Waals surface area contributed by atoms with Crippen LogP contribution in [0.1, 0.15) is 33.5 Å². The van der Waals surface area contributed by atoms with E-state index in [4.69, 9.17) is 0 Å². The van der Waals surface area contributed by atoms with Gasteiger partial charge in [0.05, 0.1) is 6.54 Å². The fraction of sp³-hybridized carbons (Fsp3) is 0.800. The molecule has 0 aliphatic carbocycles. The summed E-state index contributed by atoms with van der Waals surface area (Å²) in [6, 6.07) is 0. The molecule has 0 bridgehead atoms. The Morgan fingerprint density at radius 3 is 2.56 bits per heavy atom. The number of tetrazole rings is 1. The van der Waals surface area contributed by atoms with Crippen molar-refractivity contribution in [2.45, 2.75) is 34.2 Å². The normalized spacial score (nSPS) is 13.6. The predicted octanol–water partition coefficient (Wildman–Crippen LogP) is 0.508. The van der Waals surface area contributed by atoms with E-state index in [1.165, 1.54) is 0 Å². The number of aryl methyl sites for hydroxylation is 1. The van der Waals surface area contributed by atoms with Crippen LogP contribution in [-0.2, 0) is 18.4 Å². The minimum Gasteiger partial charge on any atom is -0.348 e. The summed E-state index contributed by atoms with van der Waals surface area (Å²) in [5.74, 6) is 0.624. The lowest BCUT2D eigenvalue weighted by molar-refractivity contribution is -0.127. The topological polar surface area (TPSA) is 72.7 Å². The van der Waals surface area contributed by atoms with Crippen LogP contribution in [0.5, 0.6) is 0 Å². The van der Waals surface area contributed by atoms with E-state index in [2.05, 4.69) is 20.8 Å². The van der Waals surface area contributed by atoms with E-state index in [9.17, 15) is 4.79 Å². The fourth-order valence-electron chi connectivity index (χ4n) is 1.11. The number of amides is 1. The molecule has 1 aromatic heterocycles. The van der Waals surface area contributed by atoms with Crippen LogP contribution in [0.3, 0.4) is 0 Å². The lowest BCUT2D eigenvalue weighted by atomic mass is 9.81. The largest absolute Gasteiger partial charge is 0.348 e. The molecule has 1 aromatic rings. The summed E-state index contributed by atoms with van der Waals surface area (Å²) in [5, 5.41) is 13.8. The Balaban J connectivity index is 2.51. The zero-order valence-electron chi connectivity index (χ0n) is 10.5. The molecule has 1 rings (SSSR count). The van der Waals surface area contributed by atoms with Crippen molar-refractivity contribution >= 4 is 5.91 Å². The molecule has 16 heavy (non-hydrogen) atoms. The van der Waals surface area contributed by atoms with Gasteiger partial charge in [0.1, 0.15) is 0 Å². The number of aromatic nitrogens is 4. The molecular weight excluding hydrogens is 206 g/mol. The summed E-state index contributed by atoms with van der Waals surface area (Å²) in [6.45, 7) is 8.41. The second-order valence-corrected chi connectivity index (χ2v) is 5.02. The molecule has 0 aliphatic rings. The van der Waals surface area contributed by atoms with Crippen molar-refractivity contribution in [2.24, 2.45) is 18.4 Å². The summed E-state index contributed by atoms with van der Waals surface area (Å²) in [5.41, 5.74) is -0.0395. The minimum atomic E-state index is -0.0475. The van der Waals surface area contributed by atoms with Crippen LogP contribution in [0.15, 0.2) is 0 Å². The molecule has 1 N–H and O–H groups in total. The highest BCUT2D eigenvalue weighted by atomic mass is 16.1. The van der Waals surface area contributed by atoms with Crippen LogP contribution in [0.4, 0.5) is 0 Å². The van der Waals surface area contributed by atoms with Crippen molar-refractivity contribution in [1.82, 2.24) is 25.5 Å². The SMILES string of the molecule is C[C@H](C(=O)NCc1nnnn1C)C(C)(C)C. The number of rotatable bonds is 3. The second-order valence-electron chi connectivity index (χ2n) is 5.02. The third kappa shape index (κ3) is 3.01. The number of carbonyl (C=O) groups is 1. The number of nitrogens with zero attached hydrogens (tertiary/aromatic N) is 4. The van der Waals surface area contributed by atoms with E-state index in [1.807, 2.05) is 27.7 Å². The van der Waals surface area contributed by atoms with Gasteiger partial charge in [-0.25, -0.2) is 4.68 Å². The number of carbonyl (C=O) groups excluding carboxylic acids is 1. The number of hydrogen-bond acceptors (Lipinski definition) is 4. The third-order valence-corrected chi connectivity index (χ3v) is 2.82. The molecule has 0 aliphatic heterocycles. The van der Waals surface area contributed by atoms with Gasteiger partial charge in [-0.1, -0.05) is 27.7 Å². The molecule has 0 unspecified atom stereocenters. The van der Waals surface area contributed by atoms with Gasteiger partial charge in [-0.05, 0) is 15.8 Å². The van der Waals surface area contributed by atoms with Crippen LogP contribution in [0.2, 0.25) is 0 Å². The van der Waals surface area contributed by atoms with Gasteiger partial charge in [-0.2, -0.15) is 0 Å². The maximum atomic E-state index is 11.8. The molecule has 0 saturated carbocycles. The summed E-state index contributed by atoms with van der Waals surface area (Å²) in [4.78, 5) is 11.8. The molecule has 0 radical (unpaired) electrons. The molecular formula is C10H19N5O. The molecule has 6 nitrogen and oxygen atoms in total. The average molecular weight is 225 g/mol. The van der Waals surface area contributed by atoms with Crippen molar-refractivity contribution in [1.29, 1.82) is 0 Å². The van der Waals surface area contributed by atoms with Gasteiger partial charge in [-0.15, -0.1) is 5.10 Å². The molecule has 1 amide bonds. The highest BCUT2D eigenvalue weighted by molar-refractivity contribution is 5.78. The molecule has 90 valence electrons. The van der Waals surface area contributed by atoms with Gasteiger partial charge in [0.25, 0.3) is 0 Å². The van der Waals surface area contributed by atoms with E-state index in [0.29, 0.717) is 12.4 Å². The van der Waals surface area contributed by atoms with Gasteiger partial charge >= 0.3 is 0 Å². The van der Waals surface area contributed by atoms with Crippen LogP contribution in [-0.4, -0.2) is 26.1 Å². The lowest BCUT2D eigenvalue weighted by Crippen LogP contribution is -2.36. The molecule has 1 atom stereocenters. The smallest absolute Gasteiger partial charge is 0.223 e. The van der Waals surface area contributed by atoms with Crippen molar-refractivity contribution in [3.8, 4) is 0 Å². The Bertz CT molecular complexity index is 366. The van der Waals surface area contributed by atoms with Crippen molar-refractivity contribution in [2.75, 3.05) is 0 Å². The molecule has 0 spiro atoms. The van der Waals surface area contributed by atoms with Crippen LogP contribution >= 0.6 is 0 Å². The van der Waals surface area contributed by atoms with Gasteiger partial charge in [0.2, 0.25) is 5.91 Å². The van der Waals surface area contributed by atoms with E-state index in [-0.39, 0.29) is 17.2 Å². The van der Waals surface area contributed by atoms with E-state index in [0.717, 1.165) is 0 Å². The molecule has 6 heteroatoms. The lowest BCUT2D eigenvalue weighted by Gasteiger charge is -2.25. The first-order chi connectivity index (χ1) is 7.32. The maximum absolute atomic E-state index is 11.8. The Morgan fingerprint density at radius 2 is 2.12 bits per heavy atom. The highest BCUT2D eigenvalue weighted by Gasteiger charge is 2.26. The Morgan fingerprint density at radius 1 is 1.50 bits per heavy atom. The molecule has 0 fully saturated rings. The first-order valence-electron chi connectivity index (χ1n) is 5.31. The summed E-state index contributed by atoms with van der Waals surface area (Å²) >= 11 is 0. The standard InChI is InChI=1S/C10H19N5O/c1-7(10(2,3)4)9(16)11-6-8-12-13-14-15(8)5/h7H,6H2,1-5H3,(H,11,16)/t7-/m1/s1. The molecule has 0 saturated heterocycles.